The number of hydrogen-bond donors (Lipinski definition) is 1. The largest absolute Gasteiger partial charge is 0.276 e. The minimum Gasteiger partial charge on any atom is -0.276 e. The number of anilines is 1. The van der Waals surface area contributed by atoms with E-state index in [9.17, 15) is 5.26 Å². The van der Waals surface area contributed by atoms with Crippen molar-refractivity contribution in [1.29, 1.82) is 5.26 Å². The average Bonchev–Trinajstić information content (AvgIpc) is 3.36. The highest BCUT2D eigenvalue weighted by molar-refractivity contribution is 7.22. The van der Waals surface area contributed by atoms with Gasteiger partial charge >= 0.3 is 0 Å². The summed E-state index contributed by atoms with van der Waals surface area (Å²) in [4.78, 5) is 7.12. The standard InChI is InChI=1S/C22H16N4S2/c1-15-14-24-22(27-15)19-12-18(20(13-23)28-19)25-26-21(16-8-4-2-5-9-16)17-10-6-3-7-11-17/h2-12,14,25H,1H3. The van der Waals surface area contributed by atoms with Gasteiger partial charge in [-0.2, -0.15) is 10.4 Å². The molecule has 4 rings (SSSR count). The highest BCUT2D eigenvalue weighted by Gasteiger charge is 2.13. The maximum Gasteiger partial charge on any atom is 0.133 e. The Hall–Kier alpha value is -3.27. The van der Waals surface area contributed by atoms with Crippen LogP contribution in [0.4, 0.5) is 5.69 Å². The SMILES string of the molecule is Cc1cnc(-c2cc(NN=C(c3ccccc3)c3ccccc3)c(C#N)s2)s1. The summed E-state index contributed by atoms with van der Waals surface area (Å²) in [6, 6.07) is 24.2. The Balaban J connectivity index is 1.71. The lowest BCUT2D eigenvalue weighted by Gasteiger charge is -2.08. The third kappa shape index (κ3) is 3.86. The molecule has 0 saturated heterocycles. The second kappa shape index (κ2) is 8.17. The zero-order valence-corrected chi connectivity index (χ0v) is 16.7. The quantitative estimate of drug-likeness (QED) is 0.334. The minimum atomic E-state index is 0.590. The summed E-state index contributed by atoms with van der Waals surface area (Å²) in [5.41, 5.74) is 6.64. The molecule has 0 amide bonds. The molecule has 6 heteroatoms. The van der Waals surface area contributed by atoms with Gasteiger partial charge in [0.15, 0.2) is 0 Å². The number of nitrogens with one attached hydrogen (secondary N) is 1. The Labute approximate surface area is 171 Å². The number of aryl methyl sites for hydroxylation is 1. The lowest BCUT2D eigenvalue weighted by molar-refractivity contribution is 1.33. The molecule has 0 aliphatic rings. The molecule has 136 valence electrons. The molecule has 0 spiro atoms. The predicted molar refractivity (Wildman–Crippen MR) is 117 cm³/mol. The van der Waals surface area contributed by atoms with Gasteiger partial charge in [-0.1, -0.05) is 60.7 Å². The monoisotopic (exact) mass is 400 g/mol. The lowest BCUT2D eigenvalue weighted by Crippen LogP contribution is -2.06. The van der Waals surface area contributed by atoms with E-state index in [-0.39, 0.29) is 0 Å². The molecule has 0 aliphatic heterocycles. The average molecular weight is 401 g/mol. The molecule has 28 heavy (non-hydrogen) atoms. The van der Waals surface area contributed by atoms with Gasteiger partial charge in [-0.15, -0.1) is 22.7 Å². The van der Waals surface area contributed by atoms with Gasteiger partial charge in [0, 0.05) is 22.2 Å². The first kappa shape index (κ1) is 18.1. The lowest BCUT2D eigenvalue weighted by atomic mass is 10.0. The summed E-state index contributed by atoms with van der Waals surface area (Å²) in [5.74, 6) is 0. The zero-order chi connectivity index (χ0) is 19.3. The number of thiophene rings is 1. The van der Waals surface area contributed by atoms with Crippen molar-refractivity contribution in [3.8, 4) is 16.0 Å². The van der Waals surface area contributed by atoms with Crippen LogP contribution >= 0.6 is 22.7 Å². The first-order valence-electron chi connectivity index (χ1n) is 8.66. The maximum atomic E-state index is 9.54. The van der Waals surface area contributed by atoms with Gasteiger partial charge in [-0.25, -0.2) is 4.98 Å². The predicted octanol–water partition coefficient (Wildman–Crippen LogP) is 5.92. The summed E-state index contributed by atoms with van der Waals surface area (Å²) in [5, 5.41) is 15.1. The fourth-order valence-electron chi connectivity index (χ4n) is 2.74. The summed E-state index contributed by atoms with van der Waals surface area (Å²) < 4.78 is 0. The van der Waals surface area contributed by atoms with Crippen LogP contribution in [0.3, 0.4) is 0 Å². The molecule has 1 N–H and O–H groups in total. The second-order valence-corrected chi connectivity index (χ2v) is 8.33. The molecule has 2 aromatic carbocycles. The second-order valence-electron chi connectivity index (χ2n) is 6.05. The minimum absolute atomic E-state index is 0.590. The third-order valence-electron chi connectivity index (χ3n) is 4.05. The van der Waals surface area contributed by atoms with E-state index in [0.29, 0.717) is 10.6 Å². The van der Waals surface area contributed by atoms with Gasteiger partial charge in [0.1, 0.15) is 16.0 Å². The van der Waals surface area contributed by atoms with Gasteiger partial charge < -0.3 is 0 Å². The number of aromatic nitrogens is 1. The molecule has 0 atom stereocenters. The topological polar surface area (TPSA) is 61.1 Å². The van der Waals surface area contributed by atoms with Crippen molar-refractivity contribution in [2.75, 3.05) is 5.43 Å². The van der Waals surface area contributed by atoms with E-state index in [1.54, 1.807) is 11.3 Å². The van der Waals surface area contributed by atoms with E-state index in [0.717, 1.165) is 31.6 Å². The summed E-state index contributed by atoms with van der Waals surface area (Å²) in [7, 11) is 0. The highest BCUT2D eigenvalue weighted by Crippen LogP contribution is 2.36. The Bertz CT molecular complexity index is 1110. The third-order valence-corrected chi connectivity index (χ3v) is 6.17. The van der Waals surface area contributed by atoms with Gasteiger partial charge in [0.2, 0.25) is 0 Å². The van der Waals surface area contributed by atoms with Crippen LogP contribution in [-0.4, -0.2) is 10.7 Å². The fourth-order valence-corrected chi connectivity index (χ4v) is 4.46. The van der Waals surface area contributed by atoms with Crippen molar-refractivity contribution in [1.82, 2.24) is 4.98 Å². The van der Waals surface area contributed by atoms with Crippen LogP contribution in [0, 0.1) is 18.3 Å². The smallest absolute Gasteiger partial charge is 0.133 e. The number of rotatable bonds is 5. The molecule has 2 aromatic heterocycles. The fraction of sp³-hybridized carbons (Fsp3) is 0.0455. The Kier molecular flexibility index (Phi) is 5.29. The molecule has 0 fully saturated rings. The maximum absolute atomic E-state index is 9.54. The molecule has 0 unspecified atom stereocenters. The molecule has 2 heterocycles. The van der Waals surface area contributed by atoms with E-state index in [1.165, 1.54) is 11.3 Å². The number of hydrogen-bond acceptors (Lipinski definition) is 6. The van der Waals surface area contributed by atoms with Gasteiger partial charge in [-0.05, 0) is 13.0 Å². The van der Waals surface area contributed by atoms with Crippen LogP contribution in [0.5, 0.6) is 0 Å². The van der Waals surface area contributed by atoms with Crippen molar-refractivity contribution in [3.63, 3.8) is 0 Å². The van der Waals surface area contributed by atoms with Gasteiger partial charge in [0.25, 0.3) is 0 Å². The van der Waals surface area contributed by atoms with Crippen molar-refractivity contribution >= 4 is 34.1 Å². The van der Waals surface area contributed by atoms with Crippen LogP contribution in [0.2, 0.25) is 0 Å². The molecule has 4 nitrogen and oxygen atoms in total. The van der Waals surface area contributed by atoms with E-state index < -0.39 is 0 Å². The number of benzene rings is 2. The Morgan fingerprint density at radius 3 is 2.18 bits per heavy atom. The van der Waals surface area contributed by atoms with Crippen LogP contribution in [0.1, 0.15) is 20.9 Å². The number of nitrogens with zero attached hydrogens (tertiary/aromatic N) is 3. The first-order chi connectivity index (χ1) is 13.7. The van der Waals surface area contributed by atoms with Crippen LogP contribution < -0.4 is 5.43 Å². The van der Waals surface area contributed by atoms with Crippen LogP contribution in [0.15, 0.2) is 78.0 Å². The molecule has 0 aliphatic carbocycles. The van der Waals surface area contributed by atoms with Gasteiger partial charge in [0.05, 0.1) is 16.3 Å². The van der Waals surface area contributed by atoms with Crippen LogP contribution in [0.25, 0.3) is 9.88 Å². The molecule has 0 saturated carbocycles. The molecule has 0 radical (unpaired) electrons. The summed E-state index contributed by atoms with van der Waals surface area (Å²) in [6.45, 7) is 2.02. The Morgan fingerprint density at radius 2 is 1.64 bits per heavy atom. The highest BCUT2D eigenvalue weighted by atomic mass is 32.1. The number of hydrazone groups is 1. The van der Waals surface area contributed by atoms with E-state index in [4.69, 9.17) is 0 Å². The molecular weight excluding hydrogens is 384 g/mol. The van der Waals surface area contributed by atoms with Crippen LogP contribution in [-0.2, 0) is 0 Å². The van der Waals surface area contributed by atoms with Crippen molar-refractivity contribution in [2.24, 2.45) is 5.10 Å². The molecule has 4 aromatic rings. The summed E-state index contributed by atoms with van der Waals surface area (Å²) in [6.07, 6.45) is 1.85. The Morgan fingerprint density at radius 1 is 1.00 bits per heavy atom. The molecular formula is C22H16N4S2. The van der Waals surface area contributed by atoms with E-state index >= 15 is 0 Å². The normalized spacial score (nSPS) is 10.3. The van der Waals surface area contributed by atoms with E-state index in [1.807, 2.05) is 79.9 Å². The number of thiazole rings is 1. The van der Waals surface area contributed by atoms with Gasteiger partial charge in [-0.3, -0.25) is 5.43 Å². The first-order valence-corrected chi connectivity index (χ1v) is 10.3. The van der Waals surface area contributed by atoms with E-state index in [2.05, 4.69) is 21.6 Å². The molecule has 0 bridgehead atoms. The van der Waals surface area contributed by atoms with Crippen molar-refractivity contribution < 1.29 is 0 Å². The zero-order valence-electron chi connectivity index (χ0n) is 15.1. The van der Waals surface area contributed by atoms with Crippen molar-refractivity contribution in [3.05, 3.63) is 93.8 Å². The number of nitriles is 1. The van der Waals surface area contributed by atoms with Crippen molar-refractivity contribution in [2.45, 2.75) is 6.92 Å². The summed E-state index contributed by atoms with van der Waals surface area (Å²) >= 11 is 3.04.